The van der Waals surface area contributed by atoms with Crippen molar-refractivity contribution in [2.75, 3.05) is 0 Å². The Bertz CT molecular complexity index is 617. The van der Waals surface area contributed by atoms with Crippen molar-refractivity contribution in [2.45, 2.75) is 32.5 Å². The molecule has 0 bridgehead atoms. The second kappa shape index (κ2) is 7.12. The van der Waals surface area contributed by atoms with Gasteiger partial charge in [-0.3, -0.25) is 4.98 Å². The molecule has 1 atom stereocenters. The van der Waals surface area contributed by atoms with E-state index in [2.05, 4.69) is 4.98 Å². The second-order valence-electron chi connectivity index (χ2n) is 5.09. The molecule has 1 aromatic heterocycles. The van der Waals surface area contributed by atoms with Gasteiger partial charge in [0.05, 0.1) is 28.5 Å². The van der Waals surface area contributed by atoms with E-state index in [1.165, 1.54) is 0 Å². The van der Waals surface area contributed by atoms with Crippen LogP contribution in [0.25, 0.3) is 0 Å². The fourth-order valence-electron chi connectivity index (χ4n) is 1.96. The molecule has 0 amide bonds. The van der Waals surface area contributed by atoms with Gasteiger partial charge in [0.25, 0.3) is 0 Å². The molecule has 0 saturated carbocycles. The standard InChI is InChI=1S/C16H17Cl2NO2/c1-10(2)21-13-7-12(8-19-9-13)16(20)6-11-3-4-14(17)15(18)5-11/h3-5,7-10,16,20H,6H2,1-2H3. The topological polar surface area (TPSA) is 42.4 Å². The molecule has 0 aliphatic heterocycles. The number of rotatable bonds is 5. The minimum absolute atomic E-state index is 0.0641. The molecule has 0 aliphatic rings. The third kappa shape index (κ3) is 4.60. The quantitative estimate of drug-likeness (QED) is 0.882. The van der Waals surface area contributed by atoms with Gasteiger partial charge in [0.15, 0.2) is 0 Å². The van der Waals surface area contributed by atoms with E-state index in [-0.39, 0.29) is 6.10 Å². The largest absolute Gasteiger partial charge is 0.489 e. The maximum atomic E-state index is 10.3. The average Bonchev–Trinajstić information content (AvgIpc) is 2.42. The SMILES string of the molecule is CC(C)Oc1cncc(C(O)Cc2ccc(Cl)c(Cl)c2)c1. The molecule has 1 N–H and O–H groups in total. The van der Waals surface area contributed by atoms with Crippen molar-refractivity contribution in [1.29, 1.82) is 0 Å². The van der Waals surface area contributed by atoms with E-state index in [1.807, 2.05) is 19.9 Å². The molecule has 0 radical (unpaired) electrons. The van der Waals surface area contributed by atoms with Crippen LogP contribution in [0.5, 0.6) is 5.75 Å². The summed E-state index contributed by atoms with van der Waals surface area (Å²) in [6, 6.07) is 7.13. The van der Waals surface area contributed by atoms with Crippen molar-refractivity contribution in [3.8, 4) is 5.75 Å². The first-order chi connectivity index (χ1) is 9.95. The highest BCUT2D eigenvalue weighted by molar-refractivity contribution is 6.42. The van der Waals surface area contributed by atoms with Crippen LogP contribution in [0.1, 0.15) is 31.1 Å². The van der Waals surface area contributed by atoms with E-state index >= 15 is 0 Å². The van der Waals surface area contributed by atoms with Crippen LogP contribution in [-0.2, 0) is 6.42 Å². The molecule has 2 rings (SSSR count). The number of aliphatic hydroxyl groups excluding tert-OH is 1. The van der Waals surface area contributed by atoms with Gasteiger partial charge in [0, 0.05) is 18.2 Å². The number of halogens is 2. The number of pyridine rings is 1. The molecule has 1 unspecified atom stereocenters. The lowest BCUT2D eigenvalue weighted by Crippen LogP contribution is -2.07. The number of nitrogens with zero attached hydrogens (tertiary/aromatic N) is 1. The molecule has 1 aromatic carbocycles. The second-order valence-corrected chi connectivity index (χ2v) is 5.90. The Balaban J connectivity index is 2.12. The van der Waals surface area contributed by atoms with E-state index in [4.69, 9.17) is 27.9 Å². The molecule has 0 saturated heterocycles. The van der Waals surface area contributed by atoms with Crippen molar-refractivity contribution in [3.05, 3.63) is 57.8 Å². The van der Waals surface area contributed by atoms with Crippen LogP contribution in [0.3, 0.4) is 0 Å². The van der Waals surface area contributed by atoms with Crippen molar-refractivity contribution in [1.82, 2.24) is 4.98 Å². The molecule has 5 heteroatoms. The molecule has 3 nitrogen and oxygen atoms in total. The van der Waals surface area contributed by atoms with Gasteiger partial charge in [0.2, 0.25) is 0 Å². The van der Waals surface area contributed by atoms with Crippen molar-refractivity contribution < 1.29 is 9.84 Å². The Morgan fingerprint density at radius 3 is 2.57 bits per heavy atom. The molecule has 2 aromatic rings. The van der Waals surface area contributed by atoms with Crippen LogP contribution >= 0.6 is 23.2 Å². The summed E-state index contributed by atoms with van der Waals surface area (Å²) in [5.41, 5.74) is 1.62. The fraction of sp³-hybridized carbons (Fsp3) is 0.312. The van der Waals surface area contributed by atoms with Crippen LogP contribution in [0.2, 0.25) is 10.0 Å². The lowest BCUT2D eigenvalue weighted by atomic mass is 10.0. The Labute approximate surface area is 134 Å². The summed E-state index contributed by atoms with van der Waals surface area (Å²) in [7, 11) is 0. The number of aromatic nitrogens is 1. The number of hydrogen-bond donors (Lipinski definition) is 1. The van der Waals surface area contributed by atoms with Gasteiger partial charge >= 0.3 is 0 Å². The Hall–Kier alpha value is -1.29. The normalized spacial score (nSPS) is 12.5. The van der Waals surface area contributed by atoms with Crippen LogP contribution in [0.15, 0.2) is 36.7 Å². The summed E-state index contributed by atoms with van der Waals surface area (Å²) < 4.78 is 5.58. The first-order valence-corrected chi connectivity index (χ1v) is 7.45. The third-order valence-corrected chi connectivity index (χ3v) is 3.64. The first-order valence-electron chi connectivity index (χ1n) is 6.69. The van der Waals surface area contributed by atoms with Gasteiger partial charge in [-0.05, 0) is 37.6 Å². The molecule has 0 aliphatic carbocycles. The van der Waals surface area contributed by atoms with E-state index in [0.29, 0.717) is 27.8 Å². The van der Waals surface area contributed by atoms with Gasteiger partial charge in [0.1, 0.15) is 5.75 Å². The summed E-state index contributed by atoms with van der Waals surface area (Å²) in [4.78, 5) is 4.10. The monoisotopic (exact) mass is 325 g/mol. The summed E-state index contributed by atoms with van der Waals surface area (Å²) >= 11 is 11.9. The van der Waals surface area contributed by atoms with Crippen molar-refractivity contribution >= 4 is 23.2 Å². The zero-order valence-corrected chi connectivity index (χ0v) is 13.4. The Kier molecular flexibility index (Phi) is 5.45. The highest BCUT2D eigenvalue weighted by Gasteiger charge is 2.12. The number of hydrogen-bond acceptors (Lipinski definition) is 3. The lowest BCUT2D eigenvalue weighted by Gasteiger charge is -2.14. The zero-order chi connectivity index (χ0) is 15.4. The minimum Gasteiger partial charge on any atom is -0.489 e. The van der Waals surface area contributed by atoms with Crippen LogP contribution in [-0.4, -0.2) is 16.2 Å². The fourth-order valence-corrected chi connectivity index (χ4v) is 2.28. The molecule has 0 spiro atoms. The molecule has 1 heterocycles. The highest BCUT2D eigenvalue weighted by atomic mass is 35.5. The summed E-state index contributed by atoms with van der Waals surface area (Å²) in [5, 5.41) is 11.3. The molecule has 0 fully saturated rings. The Morgan fingerprint density at radius 2 is 1.90 bits per heavy atom. The predicted octanol–water partition coefficient (Wildman–Crippen LogP) is 4.45. The smallest absolute Gasteiger partial charge is 0.138 e. The van der Waals surface area contributed by atoms with Crippen LogP contribution < -0.4 is 4.74 Å². The maximum Gasteiger partial charge on any atom is 0.138 e. The molecule has 21 heavy (non-hydrogen) atoms. The Morgan fingerprint density at radius 1 is 1.14 bits per heavy atom. The third-order valence-electron chi connectivity index (χ3n) is 2.90. The highest BCUT2D eigenvalue weighted by Crippen LogP contribution is 2.26. The zero-order valence-electron chi connectivity index (χ0n) is 11.9. The van der Waals surface area contributed by atoms with E-state index in [9.17, 15) is 5.11 Å². The van der Waals surface area contributed by atoms with Crippen LogP contribution in [0.4, 0.5) is 0 Å². The first kappa shape index (κ1) is 16.1. The average molecular weight is 326 g/mol. The summed E-state index contributed by atoms with van der Waals surface area (Å²) in [6.07, 6.45) is 3.09. The van der Waals surface area contributed by atoms with Gasteiger partial charge in [-0.1, -0.05) is 29.3 Å². The summed E-state index contributed by atoms with van der Waals surface area (Å²) in [5.74, 6) is 0.649. The number of ether oxygens (including phenoxy) is 1. The molecule has 112 valence electrons. The van der Waals surface area contributed by atoms with Gasteiger partial charge in [-0.2, -0.15) is 0 Å². The maximum absolute atomic E-state index is 10.3. The predicted molar refractivity (Wildman–Crippen MR) is 85.1 cm³/mol. The number of benzene rings is 1. The van der Waals surface area contributed by atoms with E-state index in [0.717, 1.165) is 5.56 Å². The van der Waals surface area contributed by atoms with Gasteiger partial charge in [-0.15, -0.1) is 0 Å². The van der Waals surface area contributed by atoms with Crippen LogP contribution in [0, 0.1) is 0 Å². The van der Waals surface area contributed by atoms with Crippen molar-refractivity contribution in [3.63, 3.8) is 0 Å². The minimum atomic E-state index is -0.676. The van der Waals surface area contributed by atoms with Crippen molar-refractivity contribution in [2.24, 2.45) is 0 Å². The molecular formula is C16H17Cl2NO2. The van der Waals surface area contributed by atoms with Gasteiger partial charge in [-0.25, -0.2) is 0 Å². The lowest BCUT2D eigenvalue weighted by molar-refractivity contribution is 0.176. The van der Waals surface area contributed by atoms with E-state index in [1.54, 1.807) is 30.6 Å². The molecular weight excluding hydrogens is 309 g/mol. The summed E-state index contributed by atoms with van der Waals surface area (Å²) in [6.45, 7) is 3.89. The number of aliphatic hydroxyl groups is 1. The van der Waals surface area contributed by atoms with E-state index < -0.39 is 6.10 Å². The van der Waals surface area contributed by atoms with Gasteiger partial charge < -0.3 is 9.84 Å².